The van der Waals surface area contributed by atoms with Crippen LogP contribution in [0.2, 0.25) is 0 Å². The molecule has 5 nitrogen and oxygen atoms in total. The number of aromatic nitrogens is 1. The molecule has 0 spiro atoms. The van der Waals surface area contributed by atoms with Gasteiger partial charge in [0.1, 0.15) is 6.04 Å². The number of piperidine rings is 1. The molecule has 2 fully saturated rings. The number of H-pyrrole nitrogens is 1. The fourth-order valence-corrected chi connectivity index (χ4v) is 6.79. The SMILES string of the molecule is CSc1[nH]c2cccc3c2c1C[C@@H]1C3C[C@@H](CCOC(=O)C2CCCCCN2)CN1C. The topological polar surface area (TPSA) is 57.4 Å². The zero-order valence-electron chi connectivity index (χ0n) is 18.8. The number of hydrogen-bond donors (Lipinski definition) is 2. The van der Waals surface area contributed by atoms with Crippen LogP contribution in [0.1, 0.15) is 55.6 Å². The average molecular weight is 442 g/mol. The summed E-state index contributed by atoms with van der Waals surface area (Å²) < 4.78 is 5.72. The second kappa shape index (κ2) is 9.16. The molecule has 6 heteroatoms. The summed E-state index contributed by atoms with van der Waals surface area (Å²) in [5, 5.41) is 6.15. The van der Waals surface area contributed by atoms with Gasteiger partial charge < -0.3 is 19.9 Å². The highest BCUT2D eigenvalue weighted by Crippen LogP contribution is 2.47. The Balaban J connectivity index is 1.25. The van der Waals surface area contributed by atoms with E-state index >= 15 is 0 Å². The predicted octanol–water partition coefficient (Wildman–Crippen LogP) is 4.32. The molecule has 2 aliphatic heterocycles. The molecule has 2 saturated heterocycles. The maximum absolute atomic E-state index is 12.5. The second-order valence-electron chi connectivity index (χ2n) is 9.64. The van der Waals surface area contributed by atoms with Gasteiger partial charge in [0.15, 0.2) is 0 Å². The fraction of sp³-hybridized carbons (Fsp3) is 0.640. The zero-order valence-corrected chi connectivity index (χ0v) is 19.6. The Kier molecular flexibility index (Phi) is 6.31. The van der Waals surface area contributed by atoms with Crippen molar-refractivity contribution in [2.24, 2.45) is 5.92 Å². The van der Waals surface area contributed by atoms with Gasteiger partial charge in [0.2, 0.25) is 0 Å². The molecule has 3 heterocycles. The van der Waals surface area contributed by atoms with Crippen LogP contribution < -0.4 is 5.32 Å². The van der Waals surface area contributed by atoms with Crippen LogP contribution >= 0.6 is 11.8 Å². The van der Waals surface area contributed by atoms with E-state index in [-0.39, 0.29) is 12.0 Å². The van der Waals surface area contributed by atoms with Crippen molar-refractivity contribution < 1.29 is 9.53 Å². The highest BCUT2D eigenvalue weighted by atomic mass is 32.2. The largest absolute Gasteiger partial charge is 0.465 e. The van der Waals surface area contributed by atoms with Crippen LogP contribution in [0, 0.1) is 5.92 Å². The standard InChI is InChI=1S/C25H35N3O2S/c1-28-15-16(10-12-30-25(29)21-8-4-3-5-11-26-21)13-18-17-7-6-9-20-23(17)19(14-22(18)28)24(27-20)31-2/h6-7,9,16,18,21-22,26-27H,3-5,8,10-15H2,1-2H3/t16-,18?,21?,22-/m1/s1. The lowest BCUT2D eigenvalue weighted by Crippen LogP contribution is -2.48. The van der Waals surface area contributed by atoms with E-state index in [1.165, 1.54) is 39.9 Å². The summed E-state index contributed by atoms with van der Waals surface area (Å²) in [6, 6.07) is 7.22. The van der Waals surface area contributed by atoms with Crippen molar-refractivity contribution >= 4 is 28.6 Å². The van der Waals surface area contributed by atoms with Crippen LogP contribution in [0.15, 0.2) is 23.2 Å². The van der Waals surface area contributed by atoms with E-state index in [1.54, 1.807) is 0 Å². The number of carbonyl (C=O) groups excluding carboxylic acids is 1. The number of likely N-dealkylation sites (tertiary alicyclic amines) is 1. The number of hydrogen-bond acceptors (Lipinski definition) is 5. The average Bonchev–Trinajstić information content (AvgIpc) is 2.95. The van der Waals surface area contributed by atoms with E-state index in [2.05, 4.69) is 46.7 Å². The van der Waals surface area contributed by atoms with Gasteiger partial charge in [0, 0.05) is 29.4 Å². The van der Waals surface area contributed by atoms with Crippen LogP contribution in [-0.4, -0.2) is 60.9 Å². The maximum Gasteiger partial charge on any atom is 0.323 e. The first kappa shape index (κ1) is 21.4. The molecular formula is C25H35N3O2S. The van der Waals surface area contributed by atoms with Gasteiger partial charge in [-0.3, -0.25) is 4.79 Å². The molecule has 1 aromatic heterocycles. The molecule has 0 amide bonds. The summed E-state index contributed by atoms with van der Waals surface area (Å²) in [6.07, 6.45) is 9.84. The molecule has 1 aliphatic carbocycles. The van der Waals surface area contributed by atoms with E-state index in [4.69, 9.17) is 4.74 Å². The number of ether oxygens (including phenoxy) is 1. The molecule has 5 rings (SSSR count). The van der Waals surface area contributed by atoms with Crippen molar-refractivity contribution in [2.45, 2.75) is 68.0 Å². The molecule has 168 valence electrons. The first-order valence-corrected chi connectivity index (χ1v) is 13.2. The minimum atomic E-state index is -0.102. The van der Waals surface area contributed by atoms with Crippen LogP contribution in [0.5, 0.6) is 0 Å². The number of carbonyl (C=O) groups is 1. The quantitative estimate of drug-likeness (QED) is 0.535. The Morgan fingerprint density at radius 3 is 3.06 bits per heavy atom. The molecule has 2 unspecified atom stereocenters. The van der Waals surface area contributed by atoms with E-state index in [9.17, 15) is 4.79 Å². The third-order valence-electron chi connectivity index (χ3n) is 7.72. The lowest BCUT2D eigenvalue weighted by atomic mass is 9.72. The second-order valence-corrected chi connectivity index (χ2v) is 10.5. The molecule has 0 radical (unpaired) electrons. The highest BCUT2D eigenvalue weighted by molar-refractivity contribution is 7.98. The van der Waals surface area contributed by atoms with Crippen LogP contribution in [0.25, 0.3) is 10.9 Å². The molecule has 2 aromatic rings. The number of nitrogens with one attached hydrogen (secondary N) is 2. The molecule has 3 aliphatic rings. The van der Waals surface area contributed by atoms with Crippen molar-refractivity contribution in [2.75, 3.05) is 33.0 Å². The third-order valence-corrected chi connectivity index (χ3v) is 8.47. The first-order chi connectivity index (χ1) is 15.2. The summed E-state index contributed by atoms with van der Waals surface area (Å²) in [6.45, 7) is 2.56. The monoisotopic (exact) mass is 441 g/mol. The summed E-state index contributed by atoms with van der Waals surface area (Å²) in [4.78, 5) is 18.7. The smallest absolute Gasteiger partial charge is 0.323 e. The summed E-state index contributed by atoms with van der Waals surface area (Å²) in [5.74, 6) is 1.08. The van der Waals surface area contributed by atoms with E-state index in [0.29, 0.717) is 24.5 Å². The van der Waals surface area contributed by atoms with Crippen molar-refractivity contribution in [3.05, 3.63) is 29.3 Å². The molecule has 4 atom stereocenters. The van der Waals surface area contributed by atoms with Crippen molar-refractivity contribution in [3.8, 4) is 0 Å². The lowest BCUT2D eigenvalue weighted by Gasteiger charge is -2.45. The van der Waals surface area contributed by atoms with Crippen LogP contribution in [-0.2, 0) is 16.0 Å². The fourth-order valence-electron chi connectivity index (χ4n) is 6.15. The minimum absolute atomic E-state index is 0.0482. The van der Waals surface area contributed by atoms with E-state index < -0.39 is 0 Å². The molecule has 31 heavy (non-hydrogen) atoms. The van der Waals surface area contributed by atoms with Gasteiger partial charge in [-0.15, -0.1) is 11.8 Å². The normalized spacial score (nSPS) is 28.8. The Labute approximate surface area is 189 Å². The van der Waals surface area contributed by atoms with Gasteiger partial charge >= 0.3 is 5.97 Å². The number of esters is 1. The summed E-state index contributed by atoms with van der Waals surface area (Å²) in [5.41, 5.74) is 4.30. The molecule has 1 aromatic carbocycles. The van der Waals surface area contributed by atoms with Crippen molar-refractivity contribution in [1.82, 2.24) is 15.2 Å². The van der Waals surface area contributed by atoms with Crippen LogP contribution in [0.4, 0.5) is 0 Å². The summed E-state index contributed by atoms with van der Waals surface area (Å²) in [7, 11) is 2.28. The Hall–Kier alpha value is -1.50. The zero-order chi connectivity index (χ0) is 21.4. The van der Waals surface area contributed by atoms with Gasteiger partial charge in [-0.1, -0.05) is 25.0 Å². The minimum Gasteiger partial charge on any atom is -0.465 e. The van der Waals surface area contributed by atoms with Gasteiger partial charge in [0.05, 0.1) is 11.6 Å². The van der Waals surface area contributed by atoms with Gasteiger partial charge in [-0.05, 0) is 75.1 Å². The van der Waals surface area contributed by atoms with E-state index in [1.807, 2.05) is 11.8 Å². The first-order valence-electron chi connectivity index (χ1n) is 11.9. The Morgan fingerprint density at radius 2 is 2.19 bits per heavy atom. The van der Waals surface area contributed by atoms with Crippen LogP contribution in [0.3, 0.4) is 0 Å². The third kappa shape index (κ3) is 4.14. The van der Waals surface area contributed by atoms with Gasteiger partial charge in [0.25, 0.3) is 0 Å². The lowest BCUT2D eigenvalue weighted by molar-refractivity contribution is -0.146. The molecule has 2 N–H and O–H groups in total. The van der Waals surface area contributed by atoms with Gasteiger partial charge in [-0.2, -0.15) is 0 Å². The number of nitrogens with zero attached hydrogens (tertiary/aromatic N) is 1. The summed E-state index contributed by atoms with van der Waals surface area (Å²) >= 11 is 1.83. The number of aromatic amines is 1. The number of thioether (sulfide) groups is 1. The maximum atomic E-state index is 12.5. The Bertz CT molecular complexity index is 934. The highest BCUT2D eigenvalue weighted by Gasteiger charge is 2.40. The number of rotatable bonds is 5. The number of fused-ring (bicyclic) bond motifs is 2. The van der Waals surface area contributed by atoms with E-state index in [0.717, 1.165) is 45.2 Å². The van der Waals surface area contributed by atoms with Gasteiger partial charge in [-0.25, -0.2) is 0 Å². The Morgan fingerprint density at radius 1 is 1.29 bits per heavy atom. The number of benzene rings is 1. The van der Waals surface area contributed by atoms with Crippen molar-refractivity contribution in [1.29, 1.82) is 0 Å². The predicted molar refractivity (Wildman–Crippen MR) is 127 cm³/mol. The molecule has 0 bridgehead atoms. The van der Waals surface area contributed by atoms with Crippen molar-refractivity contribution in [3.63, 3.8) is 0 Å². The molecular weight excluding hydrogens is 406 g/mol. The molecule has 0 saturated carbocycles. The number of likely N-dealkylation sites (N-methyl/N-ethyl adjacent to an activating group) is 1.